The molecule has 1 fully saturated rings. The van der Waals surface area contributed by atoms with Gasteiger partial charge in [0.1, 0.15) is 11.9 Å². The molecular formula is C12H15NO4. The van der Waals surface area contributed by atoms with Gasteiger partial charge in [-0.2, -0.15) is 0 Å². The molecule has 2 heterocycles. The number of aliphatic hydroxyl groups is 1. The molecule has 1 aromatic rings. The highest BCUT2D eigenvalue weighted by molar-refractivity contribution is 5.94. The maximum Gasteiger partial charge on any atom is 0.335 e. The summed E-state index contributed by atoms with van der Waals surface area (Å²) in [7, 11) is 0. The van der Waals surface area contributed by atoms with E-state index in [1.165, 1.54) is 17.0 Å². The van der Waals surface area contributed by atoms with Gasteiger partial charge in [-0.3, -0.25) is 4.79 Å². The van der Waals surface area contributed by atoms with E-state index in [-0.39, 0.29) is 11.8 Å². The molecule has 0 aliphatic carbocycles. The molecule has 0 spiro atoms. The summed E-state index contributed by atoms with van der Waals surface area (Å²) in [6, 6.07) is 2.64. The van der Waals surface area contributed by atoms with Crippen LogP contribution in [0.25, 0.3) is 0 Å². The molecule has 1 aliphatic rings. The largest absolute Gasteiger partial charge is 0.430 e. The summed E-state index contributed by atoms with van der Waals surface area (Å²) in [5, 5.41) is 10.0. The van der Waals surface area contributed by atoms with Crippen molar-refractivity contribution in [3.63, 3.8) is 0 Å². The molecule has 1 aromatic heterocycles. The monoisotopic (exact) mass is 237 g/mol. The standard InChI is InChI=1S/C12H15NO4/c1-8(2)12(16)6-13(7-12)11(15)9-3-4-10(14)17-5-9/h3-5,8,16H,6-7H2,1-2H3. The summed E-state index contributed by atoms with van der Waals surface area (Å²) in [6.07, 6.45) is 1.15. The normalized spacial score (nSPS) is 18.0. The van der Waals surface area contributed by atoms with Gasteiger partial charge in [0.15, 0.2) is 0 Å². The number of β-amino-alcohol motifs (C(OH)–C–C–N with tert-alkyl or cyclic N) is 1. The van der Waals surface area contributed by atoms with E-state index in [0.29, 0.717) is 18.7 Å². The van der Waals surface area contributed by atoms with E-state index < -0.39 is 11.2 Å². The molecule has 0 bridgehead atoms. The number of carbonyl (C=O) groups excluding carboxylic acids is 1. The summed E-state index contributed by atoms with van der Waals surface area (Å²) in [6.45, 7) is 4.48. The van der Waals surface area contributed by atoms with Crippen LogP contribution in [0.1, 0.15) is 24.2 Å². The first-order chi connectivity index (χ1) is 7.92. The van der Waals surface area contributed by atoms with E-state index in [4.69, 9.17) is 0 Å². The number of carbonyl (C=O) groups is 1. The van der Waals surface area contributed by atoms with Crippen molar-refractivity contribution in [2.24, 2.45) is 5.92 Å². The van der Waals surface area contributed by atoms with Crippen molar-refractivity contribution in [3.8, 4) is 0 Å². The third-order valence-electron chi connectivity index (χ3n) is 3.24. The third-order valence-corrected chi connectivity index (χ3v) is 3.24. The highest BCUT2D eigenvalue weighted by Crippen LogP contribution is 2.29. The minimum absolute atomic E-state index is 0.111. The lowest BCUT2D eigenvalue weighted by Gasteiger charge is -2.48. The van der Waals surface area contributed by atoms with Crippen molar-refractivity contribution in [1.82, 2.24) is 4.90 Å². The Balaban J connectivity index is 2.05. The van der Waals surface area contributed by atoms with Gasteiger partial charge >= 0.3 is 5.63 Å². The summed E-state index contributed by atoms with van der Waals surface area (Å²) in [5.41, 5.74) is -0.940. The van der Waals surface area contributed by atoms with Crippen LogP contribution in [0.4, 0.5) is 0 Å². The lowest BCUT2D eigenvalue weighted by molar-refractivity contribution is -0.110. The Hall–Kier alpha value is -1.62. The van der Waals surface area contributed by atoms with Gasteiger partial charge in [-0.1, -0.05) is 13.8 Å². The first-order valence-corrected chi connectivity index (χ1v) is 5.53. The van der Waals surface area contributed by atoms with Gasteiger partial charge < -0.3 is 14.4 Å². The topological polar surface area (TPSA) is 70.8 Å². The maximum atomic E-state index is 11.9. The fourth-order valence-electron chi connectivity index (χ4n) is 1.79. The number of amides is 1. The second-order valence-electron chi connectivity index (χ2n) is 4.76. The first kappa shape index (κ1) is 11.9. The Labute approximate surface area is 98.7 Å². The van der Waals surface area contributed by atoms with Crippen LogP contribution in [-0.4, -0.2) is 34.6 Å². The Morgan fingerprint density at radius 3 is 2.59 bits per heavy atom. The Kier molecular flexibility index (Phi) is 2.79. The quantitative estimate of drug-likeness (QED) is 0.812. The molecule has 2 rings (SSSR count). The highest BCUT2D eigenvalue weighted by atomic mass is 16.4. The molecule has 1 saturated heterocycles. The van der Waals surface area contributed by atoms with Crippen molar-refractivity contribution in [1.29, 1.82) is 0 Å². The molecule has 0 aromatic carbocycles. The van der Waals surface area contributed by atoms with E-state index >= 15 is 0 Å². The summed E-state index contributed by atoms with van der Waals surface area (Å²) in [4.78, 5) is 24.2. The number of nitrogens with zero attached hydrogens (tertiary/aromatic N) is 1. The van der Waals surface area contributed by atoms with Gasteiger partial charge in [-0.05, 0) is 12.0 Å². The lowest BCUT2D eigenvalue weighted by atomic mass is 9.83. The second-order valence-corrected chi connectivity index (χ2v) is 4.76. The molecule has 1 amide bonds. The second kappa shape index (κ2) is 4.00. The zero-order valence-electron chi connectivity index (χ0n) is 9.84. The van der Waals surface area contributed by atoms with Crippen molar-refractivity contribution >= 4 is 5.91 Å². The average Bonchev–Trinajstić information content (AvgIpc) is 2.24. The van der Waals surface area contributed by atoms with E-state index in [1.807, 2.05) is 13.8 Å². The van der Waals surface area contributed by atoms with Crippen molar-refractivity contribution in [2.75, 3.05) is 13.1 Å². The van der Waals surface area contributed by atoms with Crippen LogP contribution in [0.5, 0.6) is 0 Å². The molecule has 0 atom stereocenters. The van der Waals surface area contributed by atoms with Crippen molar-refractivity contribution in [2.45, 2.75) is 19.4 Å². The smallest absolute Gasteiger partial charge is 0.335 e. The summed E-state index contributed by atoms with van der Waals surface area (Å²) < 4.78 is 4.63. The molecular weight excluding hydrogens is 222 g/mol. The van der Waals surface area contributed by atoms with Crippen LogP contribution in [-0.2, 0) is 0 Å². The highest BCUT2D eigenvalue weighted by Gasteiger charge is 2.45. The number of likely N-dealkylation sites (tertiary alicyclic amines) is 1. The van der Waals surface area contributed by atoms with Crippen LogP contribution in [0.15, 0.2) is 27.6 Å². The number of hydrogen-bond acceptors (Lipinski definition) is 4. The number of rotatable bonds is 2. The van der Waals surface area contributed by atoms with Gasteiger partial charge in [-0.25, -0.2) is 4.79 Å². The van der Waals surface area contributed by atoms with Crippen molar-refractivity contribution in [3.05, 3.63) is 34.4 Å². The Morgan fingerprint density at radius 2 is 2.12 bits per heavy atom. The lowest BCUT2D eigenvalue weighted by Crippen LogP contribution is -2.65. The molecule has 0 saturated carbocycles. The van der Waals surface area contributed by atoms with E-state index in [0.717, 1.165) is 6.26 Å². The summed E-state index contributed by atoms with van der Waals surface area (Å²) >= 11 is 0. The SMILES string of the molecule is CC(C)C1(O)CN(C(=O)c2ccc(=O)oc2)C1. The molecule has 1 aliphatic heterocycles. The Morgan fingerprint density at radius 1 is 1.47 bits per heavy atom. The zero-order valence-corrected chi connectivity index (χ0v) is 9.84. The molecule has 0 radical (unpaired) electrons. The Bertz CT molecular complexity index is 465. The van der Waals surface area contributed by atoms with Crippen LogP contribution in [0.2, 0.25) is 0 Å². The molecule has 1 N–H and O–H groups in total. The zero-order chi connectivity index (χ0) is 12.6. The van der Waals surface area contributed by atoms with Crippen LogP contribution < -0.4 is 5.63 Å². The molecule has 5 nitrogen and oxygen atoms in total. The minimum Gasteiger partial charge on any atom is -0.430 e. The fraction of sp³-hybridized carbons (Fsp3) is 0.500. The average molecular weight is 237 g/mol. The van der Waals surface area contributed by atoms with Gasteiger partial charge in [0.25, 0.3) is 5.91 Å². The fourth-order valence-corrected chi connectivity index (χ4v) is 1.79. The van der Waals surface area contributed by atoms with E-state index in [1.54, 1.807) is 0 Å². The van der Waals surface area contributed by atoms with Crippen LogP contribution >= 0.6 is 0 Å². The predicted octanol–water partition coefficient (Wildman–Crippen LogP) is 0.483. The first-order valence-electron chi connectivity index (χ1n) is 5.53. The van der Waals surface area contributed by atoms with Crippen LogP contribution in [0.3, 0.4) is 0 Å². The van der Waals surface area contributed by atoms with Crippen LogP contribution in [0, 0.1) is 5.92 Å². The predicted molar refractivity (Wildman–Crippen MR) is 60.7 cm³/mol. The minimum atomic E-state index is -0.786. The van der Waals surface area contributed by atoms with E-state index in [2.05, 4.69) is 4.42 Å². The van der Waals surface area contributed by atoms with Gasteiger partial charge in [0.2, 0.25) is 0 Å². The molecule has 5 heteroatoms. The van der Waals surface area contributed by atoms with Gasteiger partial charge in [0.05, 0.1) is 18.7 Å². The molecule has 0 unspecified atom stereocenters. The van der Waals surface area contributed by atoms with Gasteiger partial charge in [-0.15, -0.1) is 0 Å². The molecule has 92 valence electrons. The third kappa shape index (κ3) is 2.10. The van der Waals surface area contributed by atoms with Gasteiger partial charge in [0, 0.05) is 6.07 Å². The van der Waals surface area contributed by atoms with E-state index in [9.17, 15) is 14.7 Å². The maximum absolute atomic E-state index is 11.9. The molecule has 17 heavy (non-hydrogen) atoms. The van der Waals surface area contributed by atoms with Crippen molar-refractivity contribution < 1.29 is 14.3 Å². The number of hydrogen-bond donors (Lipinski definition) is 1. The summed E-state index contributed by atoms with van der Waals surface area (Å²) in [5.74, 6) is -0.112.